The van der Waals surface area contributed by atoms with E-state index in [1.54, 1.807) is 38.2 Å². The van der Waals surface area contributed by atoms with E-state index < -0.39 is 0 Å². The first-order valence-corrected chi connectivity index (χ1v) is 8.81. The van der Waals surface area contributed by atoms with Crippen molar-refractivity contribution in [1.29, 1.82) is 0 Å². The zero-order valence-corrected chi connectivity index (χ0v) is 15.7. The molecule has 3 aromatic rings. The standard InChI is InChI=1S/C20H18ClN3O3/c1-3-20(26)24(2)17-7-5-13(10-15(17)21)16-6-4-14(12-23-16)18(25)11-19-22-8-9-27-19/h4-10,12H,3,11H2,1-2H3. The first-order valence-electron chi connectivity index (χ1n) is 8.43. The molecular weight excluding hydrogens is 366 g/mol. The van der Waals surface area contributed by atoms with Crippen molar-refractivity contribution in [2.75, 3.05) is 11.9 Å². The van der Waals surface area contributed by atoms with Crippen LogP contribution in [0, 0.1) is 0 Å². The number of benzene rings is 1. The second-order valence-corrected chi connectivity index (χ2v) is 6.34. The summed E-state index contributed by atoms with van der Waals surface area (Å²) in [5.41, 5.74) is 2.60. The minimum Gasteiger partial charge on any atom is -0.449 e. The third kappa shape index (κ3) is 4.23. The zero-order valence-electron chi connectivity index (χ0n) is 15.0. The Morgan fingerprint density at radius 2 is 2.00 bits per heavy atom. The van der Waals surface area contributed by atoms with E-state index >= 15 is 0 Å². The normalized spacial score (nSPS) is 10.6. The topological polar surface area (TPSA) is 76.3 Å². The van der Waals surface area contributed by atoms with Gasteiger partial charge in [0, 0.05) is 30.8 Å². The molecule has 0 unspecified atom stereocenters. The molecule has 2 aromatic heterocycles. The second kappa shape index (κ2) is 8.14. The van der Waals surface area contributed by atoms with Gasteiger partial charge >= 0.3 is 0 Å². The van der Waals surface area contributed by atoms with E-state index in [0.717, 1.165) is 5.56 Å². The maximum absolute atomic E-state index is 12.2. The third-order valence-electron chi connectivity index (χ3n) is 4.16. The number of aromatic nitrogens is 2. The SMILES string of the molecule is CCC(=O)N(C)c1ccc(-c2ccc(C(=O)Cc3ncco3)cn2)cc1Cl. The number of Topliss-reactive ketones (excluding diaryl/α,β-unsaturated/α-hetero) is 1. The lowest BCUT2D eigenvalue weighted by atomic mass is 10.1. The molecule has 3 rings (SSSR count). The van der Waals surface area contributed by atoms with Gasteiger partial charge < -0.3 is 9.32 Å². The number of anilines is 1. The van der Waals surface area contributed by atoms with Gasteiger partial charge in [-0.2, -0.15) is 0 Å². The number of halogens is 1. The van der Waals surface area contributed by atoms with Gasteiger partial charge in [-0.15, -0.1) is 0 Å². The quantitative estimate of drug-likeness (QED) is 0.596. The number of ketones is 1. The molecule has 27 heavy (non-hydrogen) atoms. The van der Waals surface area contributed by atoms with Crippen LogP contribution < -0.4 is 4.90 Å². The molecule has 0 aliphatic carbocycles. The lowest BCUT2D eigenvalue weighted by molar-refractivity contribution is -0.118. The molecule has 1 aromatic carbocycles. The van der Waals surface area contributed by atoms with Crippen LogP contribution in [0.5, 0.6) is 0 Å². The van der Waals surface area contributed by atoms with Crippen molar-refractivity contribution in [2.24, 2.45) is 0 Å². The van der Waals surface area contributed by atoms with Crippen molar-refractivity contribution in [3.8, 4) is 11.3 Å². The largest absolute Gasteiger partial charge is 0.449 e. The molecule has 6 nitrogen and oxygen atoms in total. The molecule has 0 spiro atoms. The van der Waals surface area contributed by atoms with Crippen LogP contribution in [0.25, 0.3) is 11.3 Å². The number of hydrogen-bond acceptors (Lipinski definition) is 5. The maximum Gasteiger partial charge on any atom is 0.226 e. The fraction of sp³-hybridized carbons (Fsp3) is 0.200. The van der Waals surface area contributed by atoms with Crippen molar-refractivity contribution in [2.45, 2.75) is 19.8 Å². The Bertz CT molecular complexity index is 953. The number of carbonyl (C=O) groups is 2. The Morgan fingerprint density at radius 3 is 2.59 bits per heavy atom. The molecule has 1 amide bonds. The highest BCUT2D eigenvalue weighted by molar-refractivity contribution is 6.34. The summed E-state index contributed by atoms with van der Waals surface area (Å²) in [6.07, 6.45) is 4.95. The van der Waals surface area contributed by atoms with Crippen LogP contribution in [0.1, 0.15) is 29.6 Å². The molecule has 0 fully saturated rings. The lowest BCUT2D eigenvalue weighted by Crippen LogP contribution is -2.25. The molecule has 0 N–H and O–H groups in total. The van der Waals surface area contributed by atoms with E-state index in [2.05, 4.69) is 9.97 Å². The molecule has 0 aliphatic heterocycles. The van der Waals surface area contributed by atoms with Gasteiger partial charge in [-0.25, -0.2) is 4.98 Å². The highest BCUT2D eigenvalue weighted by atomic mass is 35.5. The molecule has 0 aliphatic rings. The van der Waals surface area contributed by atoms with Crippen LogP contribution in [0.2, 0.25) is 5.02 Å². The summed E-state index contributed by atoms with van der Waals surface area (Å²) < 4.78 is 5.09. The van der Waals surface area contributed by atoms with Crippen LogP contribution in [0.15, 0.2) is 53.4 Å². The predicted octanol–water partition coefficient (Wildman–Crippen LogP) is 4.19. The molecule has 7 heteroatoms. The van der Waals surface area contributed by atoms with Crippen LogP contribution in [0.3, 0.4) is 0 Å². The Labute approximate surface area is 161 Å². The summed E-state index contributed by atoms with van der Waals surface area (Å²) in [6.45, 7) is 1.80. The van der Waals surface area contributed by atoms with Gasteiger partial charge in [0.1, 0.15) is 6.26 Å². The van der Waals surface area contributed by atoms with Crippen molar-refractivity contribution >= 4 is 29.0 Å². The average molecular weight is 384 g/mol. The van der Waals surface area contributed by atoms with E-state index in [1.165, 1.54) is 23.6 Å². The van der Waals surface area contributed by atoms with Crippen molar-refractivity contribution in [3.63, 3.8) is 0 Å². The highest BCUT2D eigenvalue weighted by Gasteiger charge is 2.14. The Morgan fingerprint density at radius 1 is 1.19 bits per heavy atom. The second-order valence-electron chi connectivity index (χ2n) is 5.93. The number of rotatable bonds is 6. The number of amides is 1. The smallest absolute Gasteiger partial charge is 0.226 e. The summed E-state index contributed by atoms with van der Waals surface area (Å²) in [6, 6.07) is 8.86. The van der Waals surface area contributed by atoms with Gasteiger partial charge in [-0.1, -0.05) is 24.6 Å². The van der Waals surface area contributed by atoms with E-state index in [0.29, 0.717) is 34.3 Å². The van der Waals surface area contributed by atoms with Crippen molar-refractivity contribution < 1.29 is 14.0 Å². The Balaban J connectivity index is 1.78. The summed E-state index contributed by atoms with van der Waals surface area (Å²) >= 11 is 6.34. The van der Waals surface area contributed by atoms with Gasteiger partial charge in [0.15, 0.2) is 5.78 Å². The van der Waals surface area contributed by atoms with Crippen LogP contribution in [-0.4, -0.2) is 28.7 Å². The van der Waals surface area contributed by atoms with Crippen LogP contribution in [-0.2, 0) is 11.2 Å². The molecule has 0 saturated heterocycles. The molecule has 2 heterocycles. The number of pyridine rings is 1. The predicted molar refractivity (Wildman–Crippen MR) is 103 cm³/mol. The highest BCUT2D eigenvalue weighted by Crippen LogP contribution is 2.30. The average Bonchev–Trinajstić information content (AvgIpc) is 3.19. The molecule has 0 atom stereocenters. The fourth-order valence-corrected chi connectivity index (χ4v) is 2.93. The van der Waals surface area contributed by atoms with Crippen molar-refractivity contribution in [1.82, 2.24) is 9.97 Å². The van der Waals surface area contributed by atoms with Crippen LogP contribution in [0.4, 0.5) is 5.69 Å². The maximum atomic E-state index is 12.2. The zero-order chi connectivity index (χ0) is 19.4. The summed E-state index contributed by atoms with van der Waals surface area (Å²) in [7, 11) is 1.69. The van der Waals surface area contributed by atoms with Crippen LogP contribution >= 0.6 is 11.6 Å². The summed E-state index contributed by atoms with van der Waals surface area (Å²) in [4.78, 5) is 33.9. The fourth-order valence-electron chi connectivity index (χ4n) is 2.62. The molecule has 0 bridgehead atoms. The minimum absolute atomic E-state index is 0.0170. The monoisotopic (exact) mass is 383 g/mol. The molecule has 0 saturated carbocycles. The van der Waals surface area contributed by atoms with E-state index in [9.17, 15) is 9.59 Å². The summed E-state index contributed by atoms with van der Waals surface area (Å²) in [5.74, 6) is 0.235. The number of nitrogens with zero attached hydrogens (tertiary/aromatic N) is 3. The van der Waals surface area contributed by atoms with E-state index in [1.807, 2.05) is 6.07 Å². The number of hydrogen-bond donors (Lipinski definition) is 0. The Hall–Kier alpha value is -2.99. The molecule has 138 valence electrons. The van der Waals surface area contributed by atoms with Gasteiger partial charge in [0.05, 0.1) is 29.0 Å². The molecule has 0 radical (unpaired) electrons. The third-order valence-corrected chi connectivity index (χ3v) is 4.46. The summed E-state index contributed by atoms with van der Waals surface area (Å²) in [5, 5.41) is 0.461. The Kier molecular flexibility index (Phi) is 5.66. The van der Waals surface area contributed by atoms with E-state index in [-0.39, 0.29) is 18.1 Å². The number of oxazole rings is 1. The van der Waals surface area contributed by atoms with Gasteiger partial charge in [0.2, 0.25) is 11.8 Å². The van der Waals surface area contributed by atoms with Gasteiger partial charge in [-0.3, -0.25) is 14.6 Å². The lowest BCUT2D eigenvalue weighted by Gasteiger charge is -2.18. The van der Waals surface area contributed by atoms with Gasteiger partial charge in [0.25, 0.3) is 0 Å². The minimum atomic E-state index is -0.121. The first-order chi connectivity index (χ1) is 13.0. The van der Waals surface area contributed by atoms with Gasteiger partial charge in [-0.05, 0) is 24.3 Å². The van der Waals surface area contributed by atoms with Crippen molar-refractivity contribution in [3.05, 3.63) is 65.5 Å². The first kappa shape index (κ1) is 18.8. The number of carbonyl (C=O) groups excluding carboxylic acids is 2. The van der Waals surface area contributed by atoms with E-state index in [4.69, 9.17) is 16.0 Å². The molecular formula is C20H18ClN3O3.